The van der Waals surface area contributed by atoms with Gasteiger partial charge in [0.15, 0.2) is 0 Å². The molecule has 112 valence electrons. The van der Waals surface area contributed by atoms with Crippen molar-refractivity contribution in [1.29, 1.82) is 0 Å². The van der Waals surface area contributed by atoms with Gasteiger partial charge in [0.05, 0.1) is 28.9 Å². The van der Waals surface area contributed by atoms with E-state index in [9.17, 15) is 0 Å². The molecule has 0 unspecified atom stereocenters. The minimum Gasteiger partial charge on any atom is -0.495 e. The fourth-order valence-corrected chi connectivity index (χ4v) is 2.84. The third kappa shape index (κ3) is 2.27. The molecule has 0 saturated heterocycles. The van der Waals surface area contributed by atoms with Gasteiger partial charge in [-0.25, -0.2) is 4.98 Å². The van der Waals surface area contributed by atoms with E-state index in [1.165, 1.54) is 0 Å². The van der Waals surface area contributed by atoms with E-state index in [2.05, 4.69) is 20.3 Å². The number of methoxy groups -OCH3 is 1. The molecule has 2 aromatic heterocycles. The number of halogens is 1. The lowest BCUT2D eigenvalue weighted by Crippen LogP contribution is -2.02. The molecule has 0 amide bonds. The number of benzene rings is 1. The standard InChI is InChI=1S/C16H15ClN4O/c1-22-12-5-3-2-4-11(12)19-16-20-14(9-6-7-9)13-10(17)8-18-15(13)21-16/h2-5,8-9H,6-7H2,1H3,(H2,18,19,20,21). The first-order valence-electron chi connectivity index (χ1n) is 7.21. The molecule has 4 rings (SSSR count). The SMILES string of the molecule is COc1ccccc1Nc1nc(C2CC2)c2c(Cl)c[nH]c2n1. The quantitative estimate of drug-likeness (QED) is 0.756. The zero-order valence-corrected chi connectivity index (χ0v) is 12.8. The number of nitrogens with one attached hydrogen (secondary N) is 2. The Hall–Kier alpha value is -2.27. The van der Waals surface area contributed by atoms with Crippen LogP contribution in [0.15, 0.2) is 30.5 Å². The maximum absolute atomic E-state index is 6.26. The largest absolute Gasteiger partial charge is 0.495 e. The van der Waals surface area contributed by atoms with Gasteiger partial charge in [-0.15, -0.1) is 0 Å². The first-order valence-corrected chi connectivity index (χ1v) is 7.58. The molecule has 0 spiro atoms. The van der Waals surface area contributed by atoms with Gasteiger partial charge in [0.2, 0.25) is 5.95 Å². The average Bonchev–Trinajstić information content (AvgIpc) is 3.32. The molecule has 6 heteroatoms. The number of anilines is 2. The van der Waals surface area contributed by atoms with Crippen LogP contribution >= 0.6 is 11.6 Å². The molecular weight excluding hydrogens is 300 g/mol. The van der Waals surface area contributed by atoms with Crippen molar-refractivity contribution in [2.45, 2.75) is 18.8 Å². The topological polar surface area (TPSA) is 62.8 Å². The van der Waals surface area contributed by atoms with E-state index < -0.39 is 0 Å². The fourth-order valence-electron chi connectivity index (χ4n) is 2.60. The third-order valence-electron chi connectivity index (χ3n) is 3.83. The summed E-state index contributed by atoms with van der Waals surface area (Å²) >= 11 is 6.26. The number of para-hydroxylation sites is 2. The van der Waals surface area contributed by atoms with Gasteiger partial charge in [-0.1, -0.05) is 23.7 Å². The lowest BCUT2D eigenvalue weighted by atomic mass is 10.2. The smallest absolute Gasteiger partial charge is 0.229 e. The summed E-state index contributed by atoms with van der Waals surface area (Å²) in [5.74, 6) is 1.79. The normalized spacial score (nSPS) is 14.3. The molecule has 0 radical (unpaired) electrons. The van der Waals surface area contributed by atoms with Crippen LogP contribution in [0.1, 0.15) is 24.5 Å². The molecule has 1 saturated carbocycles. The van der Waals surface area contributed by atoms with Gasteiger partial charge in [0.1, 0.15) is 11.4 Å². The van der Waals surface area contributed by atoms with E-state index in [0.717, 1.165) is 41.0 Å². The predicted octanol–water partition coefficient (Wildman–Crippen LogP) is 4.24. The van der Waals surface area contributed by atoms with Gasteiger partial charge in [0, 0.05) is 12.1 Å². The van der Waals surface area contributed by atoms with E-state index in [4.69, 9.17) is 16.3 Å². The van der Waals surface area contributed by atoms with Crippen LogP contribution in [0.3, 0.4) is 0 Å². The van der Waals surface area contributed by atoms with Gasteiger partial charge in [-0.3, -0.25) is 0 Å². The molecule has 2 heterocycles. The Balaban J connectivity index is 1.79. The summed E-state index contributed by atoms with van der Waals surface area (Å²) in [6.07, 6.45) is 4.07. The van der Waals surface area contributed by atoms with Crippen molar-refractivity contribution < 1.29 is 4.74 Å². The summed E-state index contributed by atoms with van der Waals surface area (Å²) in [7, 11) is 1.64. The van der Waals surface area contributed by atoms with Crippen LogP contribution in [0.4, 0.5) is 11.6 Å². The maximum atomic E-state index is 6.26. The Morgan fingerprint density at radius 3 is 2.86 bits per heavy atom. The first kappa shape index (κ1) is 13.4. The van der Waals surface area contributed by atoms with Crippen molar-refractivity contribution >= 4 is 34.3 Å². The molecule has 2 N–H and O–H groups in total. The van der Waals surface area contributed by atoms with Crippen LogP contribution in [0.2, 0.25) is 5.02 Å². The van der Waals surface area contributed by atoms with E-state index in [0.29, 0.717) is 16.9 Å². The molecule has 0 atom stereocenters. The summed E-state index contributed by atoms with van der Waals surface area (Å²) in [4.78, 5) is 12.3. The summed E-state index contributed by atoms with van der Waals surface area (Å²) < 4.78 is 5.35. The van der Waals surface area contributed by atoms with Gasteiger partial charge < -0.3 is 15.0 Å². The molecule has 3 aromatic rings. The Labute approximate surface area is 132 Å². The number of nitrogens with zero attached hydrogens (tertiary/aromatic N) is 2. The zero-order chi connectivity index (χ0) is 15.1. The van der Waals surface area contributed by atoms with Crippen molar-refractivity contribution in [2.75, 3.05) is 12.4 Å². The van der Waals surface area contributed by atoms with Gasteiger partial charge in [0.25, 0.3) is 0 Å². The maximum Gasteiger partial charge on any atom is 0.229 e. The van der Waals surface area contributed by atoms with E-state index >= 15 is 0 Å². The summed E-state index contributed by atoms with van der Waals surface area (Å²) in [5, 5.41) is 4.86. The zero-order valence-electron chi connectivity index (χ0n) is 12.1. The first-order chi connectivity index (χ1) is 10.8. The number of hydrogen-bond acceptors (Lipinski definition) is 4. The second kappa shape index (κ2) is 5.18. The summed E-state index contributed by atoms with van der Waals surface area (Å²) in [5.41, 5.74) is 2.62. The molecule has 5 nitrogen and oxygen atoms in total. The Morgan fingerprint density at radius 2 is 2.09 bits per heavy atom. The molecule has 1 aromatic carbocycles. The third-order valence-corrected chi connectivity index (χ3v) is 4.13. The van der Waals surface area contributed by atoms with Crippen LogP contribution in [-0.2, 0) is 0 Å². The number of aromatic amines is 1. The van der Waals surface area contributed by atoms with Crippen molar-refractivity contribution in [1.82, 2.24) is 15.0 Å². The molecule has 22 heavy (non-hydrogen) atoms. The van der Waals surface area contributed by atoms with E-state index in [1.54, 1.807) is 13.3 Å². The van der Waals surface area contributed by atoms with Gasteiger partial charge >= 0.3 is 0 Å². The second-order valence-electron chi connectivity index (χ2n) is 5.39. The molecule has 0 aliphatic heterocycles. The van der Waals surface area contributed by atoms with E-state index in [-0.39, 0.29) is 0 Å². The number of rotatable bonds is 4. The number of hydrogen-bond donors (Lipinski definition) is 2. The molecule has 1 aliphatic carbocycles. The van der Waals surface area contributed by atoms with Crippen LogP contribution < -0.4 is 10.1 Å². The van der Waals surface area contributed by atoms with Crippen molar-refractivity contribution in [2.24, 2.45) is 0 Å². The highest BCUT2D eigenvalue weighted by Crippen LogP contribution is 2.44. The van der Waals surface area contributed by atoms with Crippen LogP contribution in [0, 0.1) is 0 Å². The van der Waals surface area contributed by atoms with Crippen LogP contribution in [-0.4, -0.2) is 22.1 Å². The number of fused-ring (bicyclic) bond motifs is 1. The van der Waals surface area contributed by atoms with Crippen molar-refractivity contribution in [3.63, 3.8) is 0 Å². The lowest BCUT2D eigenvalue weighted by Gasteiger charge is -2.11. The molecule has 1 fully saturated rings. The number of ether oxygens (including phenoxy) is 1. The Kier molecular flexibility index (Phi) is 3.15. The predicted molar refractivity (Wildman–Crippen MR) is 87.2 cm³/mol. The Morgan fingerprint density at radius 1 is 1.27 bits per heavy atom. The van der Waals surface area contributed by atoms with Crippen LogP contribution in [0.5, 0.6) is 5.75 Å². The van der Waals surface area contributed by atoms with Gasteiger partial charge in [-0.2, -0.15) is 4.98 Å². The van der Waals surface area contributed by atoms with Crippen molar-refractivity contribution in [3.8, 4) is 5.75 Å². The average molecular weight is 315 g/mol. The highest BCUT2D eigenvalue weighted by atomic mass is 35.5. The molecular formula is C16H15ClN4O. The molecule has 0 bridgehead atoms. The monoisotopic (exact) mass is 314 g/mol. The number of H-pyrrole nitrogens is 1. The fraction of sp³-hybridized carbons (Fsp3) is 0.250. The highest BCUT2D eigenvalue weighted by molar-refractivity contribution is 6.35. The minimum absolute atomic E-state index is 0.483. The summed E-state index contributed by atoms with van der Waals surface area (Å²) in [6, 6.07) is 7.70. The van der Waals surface area contributed by atoms with Crippen LogP contribution in [0.25, 0.3) is 11.0 Å². The van der Waals surface area contributed by atoms with Gasteiger partial charge in [-0.05, 0) is 25.0 Å². The lowest BCUT2D eigenvalue weighted by molar-refractivity contribution is 0.417. The summed E-state index contributed by atoms with van der Waals surface area (Å²) in [6.45, 7) is 0. The highest BCUT2D eigenvalue weighted by Gasteiger charge is 2.29. The number of aromatic nitrogens is 3. The Bertz CT molecular complexity index is 841. The minimum atomic E-state index is 0.483. The second-order valence-corrected chi connectivity index (χ2v) is 5.80. The molecule has 1 aliphatic rings. The van der Waals surface area contributed by atoms with E-state index in [1.807, 2.05) is 24.3 Å². The van der Waals surface area contributed by atoms with Crippen molar-refractivity contribution in [3.05, 3.63) is 41.2 Å².